The SMILES string of the molecule is CCCOCc1ccc(C)cn1. The van der Waals surface area contributed by atoms with E-state index in [0.29, 0.717) is 6.61 Å². The summed E-state index contributed by atoms with van der Waals surface area (Å²) < 4.78 is 5.35. The molecule has 0 aliphatic rings. The van der Waals surface area contributed by atoms with Crippen molar-refractivity contribution in [1.82, 2.24) is 4.98 Å². The van der Waals surface area contributed by atoms with E-state index in [2.05, 4.69) is 18.0 Å². The van der Waals surface area contributed by atoms with E-state index in [1.165, 1.54) is 5.56 Å². The van der Waals surface area contributed by atoms with Gasteiger partial charge in [-0.05, 0) is 25.0 Å². The Morgan fingerprint density at radius 3 is 2.83 bits per heavy atom. The van der Waals surface area contributed by atoms with Crippen LogP contribution in [0, 0.1) is 6.92 Å². The highest BCUT2D eigenvalue weighted by molar-refractivity contribution is 5.11. The van der Waals surface area contributed by atoms with Gasteiger partial charge in [-0.3, -0.25) is 4.98 Å². The topological polar surface area (TPSA) is 22.1 Å². The molecule has 0 aliphatic carbocycles. The van der Waals surface area contributed by atoms with Gasteiger partial charge in [-0.2, -0.15) is 0 Å². The fourth-order valence-corrected chi connectivity index (χ4v) is 0.905. The molecular weight excluding hydrogens is 150 g/mol. The maximum Gasteiger partial charge on any atom is 0.0887 e. The summed E-state index contributed by atoms with van der Waals surface area (Å²) in [5, 5.41) is 0. The van der Waals surface area contributed by atoms with Gasteiger partial charge < -0.3 is 4.74 Å². The van der Waals surface area contributed by atoms with Gasteiger partial charge in [-0.1, -0.05) is 13.0 Å². The molecule has 2 nitrogen and oxygen atoms in total. The van der Waals surface area contributed by atoms with Crippen LogP contribution in [0.25, 0.3) is 0 Å². The summed E-state index contributed by atoms with van der Waals surface area (Å²) in [5.41, 5.74) is 2.20. The highest BCUT2D eigenvalue weighted by atomic mass is 16.5. The smallest absolute Gasteiger partial charge is 0.0887 e. The van der Waals surface area contributed by atoms with Gasteiger partial charge in [0.25, 0.3) is 0 Å². The predicted octanol–water partition coefficient (Wildman–Crippen LogP) is 2.32. The van der Waals surface area contributed by atoms with E-state index < -0.39 is 0 Å². The Labute approximate surface area is 73.6 Å². The van der Waals surface area contributed by atoms with Crippen molar-refractivity contribution in [2.75, 3.05) is 6.61 Å². The van der Waals surface area contributed by atoms with Crippen LogP contribution in [0.15, 0.2) is 18.3 Å². The second-order valence-corrected chi connectivity index (χ2v) is 2.88. The molecule has 0 saturated heterocycles. The molecule has 1 aromatic heterocycles. The zero-order valence-corrected chi connectivity index (χ0v) is 7.71. The molecule has 1 aromatic rings. The van der Waals surface area contributed by atoms with Crippen LogP contribution in [0.3, 0.4) is 0 Å². The molecule has 0 atom stereocenters. The lowest BCUT2D eigenvalue weighted by atomic mass is 10.3. The van der Waals surface area contributed by atoms with Crippen LogP contribution in [0.5, 0.6) is 0 Å². The Hall–Kier alpha value is -0.890. The van der Waals surface area contributed by atoms with Crippen LogP contribution in [-0.2, 0) is 11.3 Å². The zero-order chi connectivity index (χ0) is 8.81. The van der Waals surface area contributed by atoms with Crippen molar-refractivity contribution in [1.29, 1.82) is 0 Å². The van der Waals surface area contributed by atoms with Crippen molar-refractivity contribution < 1.29 is 4.74 Å². The summed E-state index contributed by atoms with van der Waals surface area (Å²) >= 11 is 0. The first kappa shape index (κ1) is 9.20. The number of aromatic nitrogens is 1. The summed E-state index contributed by atoms with van der Waals surface area (Å²) in [5.74, 6) is 0. The van der Waals surface area contributed by atoms with E-state index in [9.17, 15) is 0 Å². The van der Waals surface area contributed by atoms with Gasteiger partial charge in [-0.15, -0.1) is 0 Å². The number of nitrogens with zero attached hydrogens (tertiary/aromatic N) is 1. The minimum atomic E-state index is 0.633. The van der Waals surface area contributed by atoms with E-state index in [1.54, 1.807) is 0 Å². The standard InChI is InChI=1S/C10H15NO/c1-3-6-12-8-10-5-4-9(2)7-11-10/h4-5,7H,3,6,8H2,1-2H3. The van der Waals surface area contributed by atoms with Crippen molar-refractivity contribution in [2.45, 2.75) is 26.9 Å². The third kappa shape index (κ3) is 3.01. The third-order valence-corrected chi connectivity index (χ3v) is 1.57. The van der Waals surface area contributed by atoms with E-state index in [-0.39, 0.29) is 0 Å². The van der Waals surface area contributed by atoms with Crippen LogP contribution in [0.1, 0.15) is 24.6 Å². The first-order chi connectivity index (χ1) is 5.83. The molecule has 0 N–H and O–H groups in total. The third-order valence-electron chi connectivity index (χ3n) is 1.57. The lowest BCUT2D eigenvalue weighted by Gasteiger charge is -2.01. The lowest BCUT2D eigenvalue weighted by molar-refractivity contribution is 0.119. The number of hydrogen-bond donors (Lipinski definition) is 0. The lowest BCUT2D eigenvalue weighted by Crippen LogP contribution is -1.96. The van der Waals surface area contributed by atoms with E-state index in [1.807, 2.05) is 19.2 Å². The van der Waals surface area contributed by atoms with Gasteiger partial charge >= 0.3 is 0 Å². The van der Waals surface area contributed by atoms with Gasteiger partial charge in [0.15, 0.2) is 0 Å². The molecule has 12 heavy (non-hydrogen) atoms. The Morgan fingerprint density at radius 1 is 1.42 bits per heavy atom. The second kappa shape index (κ2) is 4.88. The average Bonchev–Trinajstić information content (AvgIpc) is 2.09. The number of pyridine rings is 1. The largest absolute Gasteiger partial charge is 0.375 e. The highest BCUT2D eigenvalue weighted by Crippen LogP contribution is 2.00. The number of hydrogen-bond acceptors (Lipinski definition) is 2. The maximum atomic E-state index is 5.35. The van der Waals surface area contributed by atoms with Crippen molar-refractivity contribution >= 4 is 0 Å². The Balaban J connectivity index is 2.37. The summed E-state index contributed by atoms with van der Waals surface area (Å²) in [6.45, 7) is 5.58. The summed E-state index contributed by atoms with van der Waals surface area (Å²) in [6, 6.07) is 4.06. The van der Waals surface area contributed by atoms with E-state index >= 15 is 0 Å². The fraction of sp³-hybridized carbons (Fsp3) is 0.500. The van der Waals surface area contributed by atoms with Crippen molar-refractivity contribution in [3.63, 3.8) is 0 Å². The zero-order valence-electron chi connectivity index (χ0n) is 7.71. The van der Waals surface area contributed by atoms with Crippen LogP contribution in [0.2, 0.25) is 0 Å². The number of ether oxygens (including phenoxy) is 1. The molecule has 2 heteroatoms. The van der Waals surface area contributed by atoms with Gasteiger partial charge in [0, 0.05) is 12.8 Å². The van der Waals surface area contributed by atoms with Crippen molar-refractivity contribution in [3.05, 3.63) is 29.6 Å². The van der Waals surface area contributed by atoms with Gasteiger partial charge in [0.1, 0.15) is 0 Å². The first-order valence-corrected chi connectivity index (χ1v) is 4.32. The van der Waals surface area contributed by atoms with Gasteiger partial charge in [0.2, 0.25) is 0 Å². The molecular formula is C10H15NO. The monoisotopic (exact) mass is 165 g/mol. The van der Waals surface area contributed by atoms with Crippen LogP contribution in [0.4, 0.5) is 0 Å². The van der Waals surface area contributed by atoms with E-state index in [0.717, 1.165) is 18.7 Å². The second-order valence-electron chi connectivity index (χ2n) is 2.88. The highest BCUT2D eigenvalue weighted by Gasteiger charge is 1.92. The maximum absolute atomic E-state index is 5.35. The normalized spacial score (nSPS) is 10.2. The molecule has 0 saturated carbocycles. The summed E-state index contributed by atoms with van der Waals surface area (Å²) in [4.78, 5) is 4.23. The molecule has 0 spiro atoms. The molecule has 66 valence electrons. The average molecular weight is 165 g/mol. The Bertz CT molecular complexity index is 218. The molecule has 0 unspecified atom stereocenters. The van der Waals surface area contributed by atoms with Crippen LogP contribution < -0.4 is 0 Å². The molecule has 0 fully saturated rings. The molecule has 0 amide bonds. The number of rotatable bonds is 4. The van der Waals surface area contributed by atoms with Gasteiger partial charge in [-0.25, -0.2) is 0 Å². The minimum absolute atomic E-state index is 0.633. The van der Waals surface area contributed by atoms with Gasteiger partial charge in [0.05, 0.1) is 12.3 Å². The minimum Gasteiger partial charge on any atom is -0.375 e. The molecule has 0 aliphatic heterocycles. The fourth-order valence-electron chi connectivity index (χ4n) is 0.905. The van der Waals surface area contributed by atoms with Crippen molar-refractivity contribution in [2.24, 2.45) is 0 Å². The molecule has 0 bridgehead atoms. The Kier molecular flexibility index (Phi) is 3.74. The quantitative estimate of drug-likeness (QED) is 0.639. The molecule has 1 heterocycles. The number of aryl methyl sites for hydroxylation is 1. The van der Waals surface area contributed by atoms with E-state index in [4.69, 9.17) is 4.74 Å². The molecule has 0 radical (unpaired) electrons. The first-order valence-electron chi connectivity index (χ1n) is 4.32. The molecule has 0 aromatic carbocycles. The van der Waals surface area contributed by atoms with Crippen LogP contribution >= 0.6 is 0 Å². The van der Waals surface area contributed by atoms with Crippen LogP contribution in [-0.4, -0.2) is 11.6 Å². The van der Waals surface area contributed by atoms with Crippen molar-refractivity contribution in [3.8, 4) is 0 Å². The summed E-state index contributed by atoms with van der Waals surface area (Å²) in [6.07, 6.45) is 2.93. The summed E-state index contributed by atoms with van der Waals surface area (Å²) in [7, 11) is 0. The predicted molar refractivity (Wildman–Crippen MR) is 48.9 cm³/mol. The molecule has 1 rings (SSSR count). The Morgan fingerprint density at radius 2 is 2.25 bits per heavy atom.